The average molecular weight is 195 g/mol. The number of rotatable bonds is 3. The van der Waals surface area contributed by atoms with Crippen molar-refractivity contribution in [1.82, 2.24) is 4.90 Å². The third-order valence-electron chi connectivity index (χ3n) is 1.07. The molecule has 0 bridgehead atoms. The second kappa shape index (κ2) is 3.88. The Hall–Kier alpha value is -0.0505. The number of nitrogens with zero attached hydrogens (tertiary/aromatic N) is 1. The van der Waals surface area contributed by atoms with Crippen LogP contribution in [0.25, 0.3) is 0 Å². The van der Waals surface area contributed by atoms with Gasteiger partial charge in [0.15, 0.2) is 0 Å². The van der Waals surface area contributed by atoms with Gasteiger partial charge in [0.2, 0.25) is 0 Å². The number of carboxylic acid groups (broad SMARTS) is 1. The Labute approximate surface area is 62.8 Å². The summed E-state index contributed by atoms with van der Waals surface area (Å²) in [6.45, 7) is 0. The Balaban J connectivity index is 3.83. The van der Waals surface area contributed by atoms with Crippen molar-refractivity contribution in [3.05, 3.63) is 0 Å². The third-order valence-corrected chi connectivity index (χ3v) is 1.73. The van der Waals surface area contributed by atoms with Crippen molar-refractivity contribution in [2.45, 2.75) is 11.4 Å². The molecule has 1 N–H and O–H groups in total. The molecule has 0 aromatic rings. The molecule has 9 heavy (non-hydrogen) atoms. The molecule has 0 amide bonds. The van der Waals surface area contributed by atoms with E-state index in [1.807, 2.05) is 0 Å². The number of hydrogen-bond donors (Lipinski definition) is 1. The van der Waals surface area contributed by atoms with Gasteiger partial charge in [-0.3, -0.25) is 0 Å². The molecule has 0 aliphatic rings. The zero-order valence-corrected chi connectivity index (χ0v) is 7.21. The van der Waals surface area contributed by atoms with Crippen LogP contribution in [0.1, 0.15) is 0 Å². The maximum atomic E-state index is 10.3. The van der Waals surface area contributed by atoms with Crippen LogP contribution in [0.3, 0.4) is 0 Å². The van der Waals surface area contributed by atoms with Gasteiger partial charge in [0.25, 0.3) is 0 Å². The zero-order chi connectivity index (χ0) is 7.44. The molecule has 0 rings (SSSR count). The van der Waals surface area contributed by atoms with Crippen LogP contribution in [0, 0.1) is 0 Å². The van der Waals surface area contributed by atoms with E-state index in [1.165, 1.54) is 0 Å². The maximum absolute atomic E-state index is 10.3. The Bertz CT molecular complexity index is 105. The molecule has 0 saturated heterocycles. The van der Waals surface area contributed by atoms with Crippen molar-refractivity contribution < 1.29 is 9.90 Å². The molecule has 4 heteroatoms. The van der Waals surface area contributed by atoms with Gasteiger partial charge in [-0.15, -0.1) is 0 Å². The first kappa shape index (κ1) is 8.95. The number of hydrogen-bond acceptors (Lipinski definition) is 2. The van der Waals surface area contributed by atoms with E-state index in [-0.39, 0.29) is 6.04 Å². The van der Waals surface area contributed by atoms with Crippen molar-refractivity contribution >= 4 is 22.0 Å². The van der Waals surface area contributed by atoms with Crippen LogP contribution in [0.2, 0.25) is 5.32 Å². The molecule has 53 valence electrons. The summed E-state index contributed by atoms with van der Waals surface area (Å²) in [6.07, 6.45) is 0. The summed E-state index contributed by atoms with van der Waals surface area (Å²) < 4.78 is 0. The molecule has 3 nitrogen and oxygen atoms in total. The normalized spacial score (nSPS) is 13.8. The molecule has 1 radical (unpaired) electrons. The molecule has 0 saturated carbocycles. The number of carbonyl (C=O) groups is 1. The predicted molar refractivity (Wildman–Crippen MR) is 35.7 cm³/mol. The van der Waals surface area contributed by atoms with Gasteiger partial charge in [-0.2, -0.15) is 0 Å². The van der Waals surface area contributed by atoms with Crippen LogP contribution in [0.15, 0.2) is 0 Å². The Morgan fingerprint density at radius 2 is 2.22 bits per heavy atom. The molecular formula is C5H10NO2Se. The summed E-state index contributed by atoms with van der Waals surface area (Å²) in [4.78, 5) is 12.0. The molecule has 1 atom stereocenters. The van der Waals surface area contributed by atoms with Gasteiger partial charge >= 0.3 is 62.2 Å². The van der Waals surface area contributed by atoms with Crippen LogP contribution in [0.4, 0.5) is 0 Å². The summed E-state index contributed by atoms with van der Waals surface area (Å²) >= 11 is 2.68. The predicted octanol–water partition coefficient (Wildman–Crippen LogP) is -0.412. The zero-order valence-electron chi connectivity index (χ0n) is 5.50. The summed E-state index contributed by atoms with van der Waals surface area (Å²) in [6, 6.07) is -0.384. The van der Waals surface area contributed by atoms with Crippen molar-refractivity contribution in [3.63, 3.8) is 0 Å². The van der Waals surface area contributed by atoms with Crippen LogP contribution in [-0.4, -0.2) is 52.1 Å². The summed E-state index contributed by atoms with van der Waals surface area (Å²) in [5.41, 5.74) is 0. The molecule has 0 aliphatic heterocycles. The van der Waals surface area contributed by atoms with Crippen molar-refractivity contribution in [3.8, 4) is 0 Å². The summed E-state index contributed by atoms with van der Waals surface area (Å²) in [7, 11) is 3.49. The topological polar surface area (TPSA) is 40.5 Å². The fourth-order valence-corrected chi connectivity index (χ4v) is 1.37. The van der Waals surface area contributed by atoms with Crippen molar-refractivity contribution in [2.24, 2.45) is 0 Å². The molecule has 0 unspecified atom stereocenters. The van der Waals surface area contributed by atoms with Crippen molar-refractivity contribution in [1.29, 1.82) is 0 Å². The van der Waals surface area contributed by atoms with Gasteiger partial charge in [-0.05, 0) is 0 Å². The second-order valence-corrected chi connectivity index (χ2v) is 2.68. The molecule has 0 aromatic heterocycles. The summed E-state index contributed by atoms with van der Waals surface area (Å²) in [5, 5.41) is 9.01. The second-order valence-electron chi connectivity index (χ2n) is 1.98. The van der Waals surface area contributed by atoms with Crippen LogP contribution < -0.4 is 0 Å². The average Bonchev–Trinajstić information content (AvgIpc) is 1.64. The van der Waals surface area contributed by atoms with E-state index in [9.17, 15) is 4.79 Å². The SMILES string of the molecule is CN(C)[C@@H](C[Se])C(=O)O. The van der Waals surface area contributed by atoms with Crippen molar-refractivity contribution in [2.75, 3.05) is 14.1 Å². The van der Waals surface area contributed by atoms with Gasteiger partial charge < -0.3 is 0 Å². The fraction of sp³-hybridized carbons (Fsp3) is 0.800. The van der Waals surface area contributed by atoms with Crippen LogP contribution in [-0.2, 0) is 4.79 Å². The van der Waals surface area contributed by atoms with Crippen LogP contribution >= 0.6 is 0 Å². The molecular weight excluding hydrogens is 185 g/mol. The van der Waals surface area contributed by atoms with E-state index in [1.54, 1.807) is 19.0 Å². The molecule has 0 heterocycles. The van der Waals surface area contributed by atoms with Gasteiger partial charge in [0.1, 0.15) is 0 Å². The number of aliphatic carboxylic acids is 1. The minimum absolute atomic E-state index is 0.384. The van der Waals surface area contributed by atoms with E-state index in [0.717, 1.165) is 0 Å². The quantitative estimate of drug-likeness (QED) is 0.622. The van der Waals surface area contributed by atoms with Gasteiger partial charge in [-0.1, -0.05) is 0 Å². The van der Waals surface area contributed by atoms with E-state index in [0.29, 0.717) is 5.32 Å². The Morgan fingerprint density at radius 1 is 1.78 bits per heavy atom. The van der Waals surface area contributed by atoms with Gasteiger partial charge in [0.05, 0.1) is 0 Å². The summed E-state index contributed by atoms with van der Waals surface area (Å²) in [5.74, 6) is -0.779. The van der Waals surface area contributed by atoms with Crippen LogP contribution in [0.5, 0.6) is 0 Å². The third kappa shape index (κ3) is 2.84. The van der Waals surface area contributed by atoms with E-state index in [4.69, 9.17) is 5.11 Å². The molecule has 0 fully saturated rings. The minimum atomic E-state index is -0.779. The Kier molecular flexibility index (Phi) is 3.86. The number of likely N-dealkylation sites (N-methyl/N-ethyl adjacent to an activating group) is 1. The monoisotopic (exact) mass is 196 g/mol. The van der Waals surface area contributed by atoms with Gasteiger partial charge in [-0.25, -0.2) is 0 Å². The van der Waals surface area contributed by atoms with E-state index in [2.05, 4.69) is 16.0 Å². The first-order valence-electron chi connectivity index (χ1n) is 2.57. The molecule has 0 aliphatic carbocycles. The van der Waals surface area contributed by atoms with E-state index < -0.39 is 5.97 Å². The van der Waals surface area contributed by atoms with Gasteiger partial charge in [0, 0.05) is 0 Å². The van der Waals surface area contributed by atoms with E-state index >= 15 is 0 Å². The first-order chi connectivity index (χ1) is 4.09. The fourth-order valence-electron chi connectivity index (χ4n) is 0.441. The standard InChI is InChI=1S/C5H10NO2Se/c1-6(2)4(3-9)5(7)8/h4H,3H2,1-2H3,(H,7,8)/t4-/m0/s1. The molecule has 0 aromatic carbocycles. The number of carboxylic acids is 1. The first-order valence-corrected chi connectivity index (χ1v) is 3.78. The Morgan fingerprint density at radius 3 is 2.22 bits per heavy atom. The molecule has 0 spiro atoms.